The van der Waals surface area contributed by atoms with Crippen molar-refractivity contribution in [3.63, 3.8) is 0 Å². The van der Waals surface area contributed by atoms with Crippen LogP contribution in [0.2, 0.25) is 0 Å². The van der Waals surface area contributed by atoms with Crippen LogP contribution in [0.1, 0.15) is 52.3 Å². The second kappa shape index (κ2) is 7.49. The molecule has 1 aromatic rings. The number of nitrogens with one attached hydrogen (secondary N) is 1. The molecule has 1 N–H and O–H groups in total. The molecule has 1 heterocycles. The molecule has 1 rings (SSSR count). The second-order valence-electron chi connectivity index (χ2n) is 5.49. The Morgan fingerprint density at radius 3 is 2.37 bits per heavy atom. The smallest absolute Gasteiger partial charge is 0.129 e. The molecule has 3 nitrogen and oxygen atoms in total. The molecule has 0 aliphatic heterocycles. The van der Waals surface area contributed by atoms with Crippen molar-refractivity contribution in [3.05, 3.63) is 23.4 Å². The van der Waals surface area contributed by atoms with Crippen molar-refractivity contribution in [2.75, 3.05) is 11.4 Å². The molecular weight excluding hydrogens is 234 g/mol. The number of pyridine rings is 1. The molecule has 3 heteroatoms. The maximum absolute atomic E-state index is 4.78. The fourth-order valence-electron chi connectivity index (χ4n) is 2.16. The van der Waals surface area contributed by atoms with Crippen molar-refractivity contribution in [1.82, 2.24) is 10.3 Å². The first-order chi connectivity index (χ1) is 8.99. The normalized spacial score (nSPS) is 12.8. The van der Waals surface area contributed by atoms with Crippen molar-refractivity contribution < 1.29 is 0 Å². The first-order valence-corrected chi connectivity index (χ1v) is 7.46. The average Bonchev–Trinajstić information content (AvgIpc) is 2.38. The molecule has 0 bridgehead atoms. The summed E-state index contributed by atoms with van der Waals surface area (Å²) in [6.45, 7) is 15.0. The lowest BCUT2D eigenvalue weighted by Crippen LogP contribution is -2.33. The Labute approximate surface area is 118 Å². The Balaban J connectivity index is 2.85. The van der Waals surface area contributed by atoms with Crippen LogP contribution in [0.5, 0.6) is 0 Å². The summed E-state index contributed by atoms with van der Waals surface area (Å²) in [5.74, 6) is 1.10. The summed E-state index contributed by atoms with van der Waals surface area (Å²) < 4.78 is 0. The third-order valence-electron chi connectivity index (χ3n) is 3.64. The Kier molecular flexibility index (Phi) is 6.29. The van der Waals surface area contributed by atoms with Crippen LogP contribution in [0.3, 0.4) is 0 Å². The number of anilines is 1. The monoisotopic (exact) mass is 263 g/mol. The van der Waals surface area contributed by atoms with Gasteiger partial charge in [0.05, 0.1) is 0 Å². The van der Waals surface area contributed by atoms with Gasteiger partial charge in [0.1, 0.15) is 5.82 Å². The Hall–Kier alpha value is -1.09. The van der Waals surface area contributed by atoms with Gasteiger partial charge in [-0.1, -0.05) is 26.8 Å². The van der Waals surface area contributed by atoms with E-state index in [1.54, 1.807) is 0 Å². The van der Waals surface area contributed by atoms with Gasteiger partial charge in [0, 0.05) is 30.9 Å². The van der Waals surface area contributed by atoms with E-state index >= 15 is 0 Å². The van der Waals surface area contributed by atoms with Crippen LogP contribution in [-0.4, -0.2) is 23.6 Å². The predicted molar refractivity (Wildman–Crippen MR) is 83.7 cm³/mol. The quantitative estimate of drug-likeness (QED) is 0.816. The van der Waals surface area contributed by atoms with Gasteiger partial charge < -0.3 is 10.2 Å². The molecular formula is C16H29N3. The van der Waals surface area contributed by atoms with Crippen LogP contribution < -0.4 is 10.2 Å². The summed E-state index contributed by atoms with van der Waals surface area (Å²) in [5, 5.41) is 3.45. The minimum Gasteiger partial charge on any atom is -0.354 e. The topological polar surface area (TPSA) is 28.2 Å². The number of hydrogen-bond acceptors (Lipinski definition) is 3. The molecule has 0 amide bonds. The van der Waals surface area contributed by atoms with Crippen molar-refractivity contribution in [2.24, 2.45) is 0 Å². The zero-order valence-electron chi connectivity index (χ0n) is 13.3. The van der Waals surface area contributed by atoms with Gasteiger partial charge >= 0.3 is 0 Å². The van der Waals surface area contributed by atoms with Gasteiger partial charge in [0.2, 0.25) is 0 Å². The first-order valence-electron chi connectivity index (χ1n) is 7.46. The third kappa shape index (κ3) is 4.50. The minimum absolute atomic E-state index is 0.506. The van der Waals surface area contributed by atoms with Gasteiger partial charge in [0.15, 0.2) is 0 Å². The SMILES string of the molecule is CCC(C)N(CC)c1ccc(CNC(C)C)c(C)n1. The van der Waals surface area contributed by atoms with Crippen LogP contribution in [0.15, 0.2) is 12.1 Å². The molecule has 0 spiro atoms. The maximum atomic E-state index is 4.78. The van der Waals surface area contributed by atoms with Crippen LogP contribution >= 0.6 is 0 Å². The van der Waals surface area contributed by atoms with Crippen molar-refractivity contribution in [3.8, 4) is 0 Å². The molecule has 0 saturated carbocycles. The van der Waals surface area contributed by atoms with Gasteiger partial charge in [-0.2, -0.15) is 0 Å². The Morgan fingerprint density at radius 1 is 1.21 bits per heavy atom. The van der Waals surface area contributed by atoms with Crippen LogP contribution in [0.25, 0.3) is 0 Å². The number of nitrogens with zero attached hydrogens (tertiary/aromatic N) is 2. The van der Waals surface area contributed by atoms with E-state index in [0.29, 0.717) is 12.1 Å². The lowest BCUT2D eigenvalue weighted by Gasteiger charge is -2.29. The highest BCUT2D eigenvalue weighted by molar-refractivity contribution is 5.42. The summed E-state index contributed by atoms with van der Waals surface area (Å²) in [6.07, 6.45) is 1.14. The fourth-order valence-corrected chi connectivity index (χ4v) is 2.16. The Bertz CT molecular complexity index is 388. The van der Waals surface area contributed by atoms with Crippen LogP contribution in [-0.2, 0) is 6.54 Å². The van der Waals surface area contributed by atoms with E-state index < -0.39 is 0 Å². The molecule has 1 atom stereocenters. The maximum Gasteiger partial charge on any atom is 0.129 e. The highest BCUT2D eigenvalue weighted by atomic mass is 15.2. The second-order valence-corrected chi connectivity index (χ2v) is 5.49. The fraction of sp³-hybridized carbons (Fsp3) is 0.688. The largest absolute Gasteiger partial charge is 0.354 e. The number of aromatic nitrogens is 1. The van der Waals surface area contributed by atoms with E-state index in [2.05, 4.69) is 63.9 Å². The number of aryl methyl sites for hydroxylation is 1. The van der Waals surface area contributed by atoms with Crippen molar-refractivity contribution in [1.29, 1.82) is 0 Å². The molecule has 1 unspecified atom stereocenters. The van der Waals surface area contributed by atoms with Gasteiger partial charge in [-0.05, 0) is 38.8 Å². The molecule has 0 saturated heterocycles. The average molecular weight is 263 g/mol. The molecule has 0 fully saturated rings. The standard InChI is InChI=1S/C16H29N3/c1-7-13(5)19(8-2)16-10-9-15(14(6)18-16)11-17-12(3)4/h9-10,12-13,17H,7-8,11H2,1-6H3. The molecule has 19 heavy (non-hydrogen) atoms. The number of hydrogen-bond donors (Lipinski definition) is 1. The summed E-state index contributed by atoms with van der Waals surface area (Å²) in [7, 11) is 0. The van der Waals surface area contributed by atoms with Gasteiger partial charge in [-0.15, -0.1) is 0 Å². The Morgan fingerprint density at radius 2 is 1.89 bits per heavy atom. The van der Waals surface area contributed by atoms with Crippen molar-refractivity contribution >= 4 is 5.82 Å². The summed E-state index contributed by atoms with van der Waals surface area (Å²) in [4.78, 5) is 7.14. The van der Waals surface area contributed by atoms with Gasteiger partial charge in [0.25, 0.3) is 0 Å². The first kappa shape index (κ1) is 16.0. The van der Waals surface area contributed by atoms with E-state index in [0.717, 1.165) is 31.0 Å². The zero-order chi connectivity index (χ0) is 14.4. The minimum atomic E-state index is 0.506. The van der Waals surface area contributed by atoms with E-state index in [9.17, 15) is 0 Å². The predicted octanol–water partition coefficient (Wildman–Crippen LogP) is 3.51. The molecule has 0 aromatic carbocycles. The summed E-state index contributed by atoms with van der Waals surface area (Å²) in [6, 6.07) is 5.40. The van der Waals surface area contributed by atoms with E-state index in [4.69, 9.17) is 4.98 Å². The number of rotatable bonds is 7. The van der Waals surface area contributed by atoms with Gasteiger partial charge in [-0.3, -0.25) is 0 Å². The molecule has 108 valence electrons. The highest BCUT2D eigenvalue weighted by Gasteiger charge is 2.13. The molecule has 1 aromatic heterocycles. The lowest BCUT2D eigenvalue weighted by atomic mass is 10.1. The van der Waals surface area contributed by atoms with E-state index in [1.807, 2.05) is 0 Å². The highest BCUT2D eigenvalue weighted by Crippen LogP contribution is 2.18. The third-order valence-corrected chi connectivity index (χ3v) is 3.64. The summed E-state index contributed by atoms with van der Waals surface area (Å²) >= 11 is 0. The summed E-state index contributed by atoms with van der Waals surface area (Å²) in [5.41, 5.74) is 2.42. The zero-order valence-corrected chi connectivity index (χ0v) is 13.3. The van der Waals surface area contributed by atoms with E-state index in [1.165, 1.54) is 5.56 Å². The van der Waals surface area contributed by atoms with Crippen LogP contribution in [0.4, 0.5) is 5.82 Å². The lowest BCUT2D eigenvalue weighted by molar-refractivity contribution is 0.585. The van der Waals surface area contributed by atoms with Gasteiger partial charge in [-0.25, -0.2) is 4.98 Å². The molecule has 0 radical (unpaired) electrons. The van der Waals surface area contributed by atoms with Crippen LogP contribution in [0, 0.1) is 6.92 Å². The van der Waals surface area contributed by atoms with E-state index in [-0.39, 0.29) is 0 Å². The molecule has 0 aliphatic rings. The van der Waals surface area contributed by atoms with Crippen molar-refractivity contribution in [2.45, 2.75) is 66.6 Å². The molecule has 0 aliphatic carbocycles.